The maximum absolute atomic E-state index is 12.6. The van der Waals surface area contributed by atoms with Crippen LogP contribution in [0.25, 0.3) is 22.3 Å². The molecule has 0 unspecified atom stereocenters. The minimum atomic E-state index is -0.997. The molecular weight excluding hydrogens is 500 g/mol. The molecule has 32 heavy (non-hydrogen) atoms. The number of fused-ring (bicyclic) bond motifs is 1. The Morgan fingerprint density at radius 2 is 1.75 bits per heavy atom. The van der Waals surface area contributed by atoms with Crippen LogP contribution in [0.2, 0.25) is 5.02 Å². The van der Waals surface area contributed by atoms with Gasteiger partial charge in [-0.2, -0.15) is 0 Å². The molecule has 0 radical (unpaired) electrons. The predicted octanol–water partition coefficient (Wildman–Crippen LogP) is 6.03. The van der Waals surface area contributed by atoms with Crippen LogP contribution >= 0.6 is 27.5 Å². The molecule has 4 aromatic rings. The third-order valence-corrected chi connectivity index (χ3v) is 5.42. The number of carbonyl (C=O) groups is 1. The number of benzene rings is 3. The summed E-state index contributed by atoms with van der Waals surface area (Å²) in [7, 11) is 0. The van der Waals surface area contributed by atoms with Crippen LogP contribution in [0.3, 0.4) is 0 Å². The van der Waals surface area contributed by atoms with Crippen LogP contribution in [-0.4, -0.2) is 24.3 Å². The molecule has 0 aliphatic heterocycles. The van der Waals surface area contributed by atoms with E-state index in [1.165, 1.54) is 18.2 Å². The van der Waals surface area contributed by atoms with Crippen LogP contribution in [0, 0.1) is 0 Å². The molecule has 1 aromatic heterocycles. The maximum Gasteiger partial charge on any atom is 0.335 e. The lowest BCUT2D eigenvalue weighted by atomic mass is 10.1. The number of rotatable bonds is 7. The highest BCUT2D eigenvalue weighted by molar-refractivity contribution is 9.10. The van der Waals surface area contributed by atoms with Crippen LogP contribution in [-0.2, 0) is 0 Å². The molecule has 1 heterocycles. The molecule has 0 aliphatic carbocycles. The first kappa shape index (κ1) is 21.9. The fourth-order valence-electron chi connectivity index (χ4n) is 3.10. The van der Waals surface area contributed by atoms with Crippen LogP contribution in [0.5, 0.6) is 11.5 Å². The predicted molar refractivity (Wildman–Crippen MR) is 125 cm³/mol. The highest BCUT2D eigenvalue weighted by atomic mass is 79.9. The maximum atomic E-state index is 12.6. The summed E-state index contributed by atoms with van der Waals surface area (Å²) < 4.78 is 18.2. The zero-order valence-electron chi connectivity index (χ0n) is 16.5. The zero-order valence-corrected chi connectivity index (χ0v) is 18.9. The van der Waals surface area contributed by atoms with Crippen molar-refractivity contribution in [3.8, 4) is 22.8 Å². The second-order valence-corrected chi connectivity index (χ2v) is 8.08. The minimum absolute atomic E-state index is 0.185. The molecule has 0 bridgehead atoms. The van der Waals surface area contributed by atoms with Crippen molar-refractivity contribution < 1.29 is 23.8 Å². The molecule has 8 heteroatoms. The third-order valence-electron chi connectivity index (χ3n) is 4.63. The Balaban J connectivity index is 1.53. The summed E-state index contributed by atoms with van der Waals surface area (Å²) in [5.41, 5.74) is 0.895. The topological polar surface area (TPSA) is 86.0 Å². The van der Waals surface area contributed by atoms with E-state index in [9.17, 15) is 9.59 Å². The minimum Gasteiger partial charge on any atom is -0.490 e. The Labute approximate surface area is 196 Å². The molecule has 0 atom stereocenters. The lowest BCUT2D eigenvalue weighted by Gasteiger charge is -2.13. The quantitative estimate of drug-likeness (QED) is 0.302. The van der Waals surface area contributed by atoms with Gasteiger partial charge in [-0.1, -0.05) is 33.6 Å². The van der Waals surface area contributed by atoms with Gasteiger partial charge < -0.3 is 19.0 Å². The van der Waals surface area contributed by atoms with Crippen molar-refractivity contribution >= 4 is 44.5 Å². The number of aromatic carboxylic acids is 1. The Morgan fingerprint density at radius 1 is 1.00 bits per heavy atom. The van der Waals surface area contributed by atoms with E-state index in [1.807, 2.05) is 6.07 Å². The smallest absolute Gasteiger partial charge is 0.335 e. The van der Waals surface area contributed by atoms with Crippen LogP contribution in [0.15, 0.2) is 80.4 Å². The number of halogens is 2. The lowest BCUT2D eigenvalue weighted by Crippen LogP contribution is -2.10. The Hall–Kier alpha value is -3.29. The number of hydrogen-bond donors (Lipinski definition) is 1. The van der Waals surface area contributed by atoms with Crippen molar-refractivity contribution in [2.45, 2.75) is 0 Å². The van der Waals surface area contributed by atoms with Gasteiger partial charge in [0.25, 0.3) is 0 Å². The summed E-state index contributed by atoms with van der Waals surface area (Å²) in [5, 5.41) is 9.71. The standard InChI is InChI=1S/C24H16BrClO6/c25-15-6-9-18(22-13-20(27)17-2-1-3-19(26)23(17)32-22)21(12-15)31-11-10-30-16-7-4-14(5-8-16)24(28)29/h1-9,12-13H,10-11H2,(H,28,29). The van der Waals surface area contributed by atoms with Gasteiger partial charge in [0.2, 0.25) is 0 Å². The van der Waals surface area contributed by atoms with E-state index >= 15 is 0 Å². The van der Waals surface area contributed by atoms with Crippen molar-refractivity contribution in [2.24, 2.45) is 0 Å². The van der Waals surface area contributed by atoms with Gasteiger partial charge in [-0.05, 0) is 54.6 Å². The number of hydrogen-bond acceptors (Lipinski definition) is 5. The first-order chi connectivity index (χ1) is 15.4. The second-order valence-electron chi connectivity index (χ2n) is 6.76. The fraction of sp³-hybridized carbons (Fsp3) is 0.0833. The summed E-state index contributed by atoms with van der Waals surface area (Å²) >= 11 is 9.65. The normalized spacial score (nSPS) is 10.8. The molecular formula is C24H16BrClO6. The molecule has 0 aliphatic rings. The van der Waals surface area contributed by atoms with Crippen molar-refractivity contribution in [2.75, 3.05) is 13.2 Å². The van der Waals surface area contributed by atoms with E-state index in [2.05, 4.69) is 15.9 Å². The zero-order chi connectivity index (χ0) is 22.7. The monoisotopic (exact) mass is 514 g/mol. The van der Waals surface area contributed by atoms with Crippen molar-refractivity contribution in [3.63, 3.8) is 0 Å². The summed E-state index contributed by atoms with van der Waals surface area (Å²) in [6.45, 7) is 0.439. The number of ether oxygens (including phenoxy) is 2. The van der Waals surface area contributed by atoms with Crippen molar-refractivity contribution in [1.29, 1.82) is 0 Å². The molecule has 0 spiro atoms. The molecule has 1 N–H and O–H groups in total. The SMILES string of the molecule is O=C(O)c1ccc(OCCOc2cc(Br)ccc2-c2cc(=O)c3cccc(Cl)c3o2)cc1. The largest absolute Gasteiger partial charge is 0.490 e. The Bertz CT molecular complexity index is 1350. The molecule has 0 saturated heterocycles. The van der Waals surface area contributed by atoms with E-state index in [0.29, 0.717) is 38.8 Å². The fourth-order valence-corrected chi connectivity index (χ4v) is 3.65. The van der Waals surface area contributed by atoms with E-state index in [0.717, 1.165) is 4.47 Å². The van der Waals surface area contributed by atoms with Crippen LogP contribution < -0.4 is 14.9 Å². The van der Waals surface area contributed by atoms with E-state index in [4.69, 9.17) is 30.6 Å². The summed E-state index contributed by atoms with van der Waals surface area (Å²) in [6.07, 6.45) is 0. The highest BCUT2D eigenvalue weighted by Gasteiger charge is 2.14. The second kappa shape index (κ2) is 9.46. The summed E-state index contributed by atoms with van der Waals surface area (Å²) in [6, 6.07) is 17.9. The molecule has 0 saturated carbocycles. The van der Waals surface area contributed by atoms with E-state index in [-0.39, 0.29) is 24.2 Å². The van der Waals surface area contributed by atoms with E-state index in [1.54, 1.807) is 42.5 Å². The molecule has 4 rings (SSSR count). The van der Waals surface area contributed by atoms with Crippen molar-refractivity contribution in [1.82, 2.24) is 0 Å². The van der Waals surface area contributed by atoms with Gasteiger partial charge in [0.15, 0.2) is 11.0 Å². The molecule has 0 fully saturated rings. The Kier molecular flexibility index (Phi) is 6.48. The molecule has 0 amide bonds. The van der Waals surface area contributed by atoms with Gasteiger partial charge >= 0.3 is 5.97 Å². The number of carboxylic acid groups (broad SMARTS) is 1. The van der Waals surface area contributed by atoms with Crippen LogP contribution in [0.4, 0.5) is 0 Å². The molecule has 3 aromatic carbocycles. The third kappa shape index (κ3) is 4.79. The van der Waals surface area contributed by atoms with Crippen LogP contribution in [0.1, 0.15) is 10.4 Å². The van der Waals surface area contributed by atoms with E-state index < -0.39 is 5.97 Å². The Morgan fingerprint density at radius 3 is 2.50 bits per heavy atom. The van der Waals surface area contributed by atoms with Gasteiger partial charge in [0.05, 0.1) is 21.5 Å². The molecule has 6 nitrogen and oxygen atoms in total. The average molecular weight is 516 g/mol. The lowest BCUT2D eigenvalue weighted by molar-refractivity contribution is 0.0697. The first-order valence-electron chi connectivity index (χ1n) is 9.53. The van der Waals surface area contributed by atoms with Gasteiger partial charge in [0.1, 0.15) is 30.5 Å². The molecule has 162 valence electrons. The first-order valence-corrected chi connectivity index (χ1v) is 10.7. The van der Waals surface area contributed by atoms with Gasteiger partial charge in [-0.25, -0.2) is 4.79 Å². The average Bonchev–Trinajstić information content (AvgIpc) is 2.78. The summed E-state index contributed by atoms with van der Waals surface area (Å²) in [5.74, 6) is 0.369. The highest BCUT2D eigenvalue weighted by Crippen LogP contribution is 2.34. The van der Waals surface area contributed by atoms with Gasteiger partial charge in [0, 0.05) is 10.5 Å². The number of carboxylic acids is 1. The summed E-state index contributed by atoms with van der Waals surface area (Å²) in [4.78, 5) is 23.5. The van der Waals surface area contributed by atoms with Crippen molar-refractivity contribution in [3.05, 3.63) is 92.0 Å². The van der Waals surface area contributed by atoms with Gasteiger partial charge in [-0.3, -0.25) is 4.79 Å². The number of para-hydroxylation sites is 1. The van der Waals surface area contributed by atoms with Gasteiger partial charge in [-0.15, -0.1) is 0 Å².